The fraction of sp³-hybridized carbons (Fsp3) is 0.462. The Hall–Kier alpha value is -1.84. The van der Waals surface area contributed by atoms with Crippen LogP contribution in [-0.4, -0.2) is 46.9 Å². The summed E-state index contributed by atoms with van der Waals surface area (Å²) in [6, 6.07) is 4.79. The number of carbonyl (C=O) groups excluding carboxylic acids is 1. The lowest BCUT2D eigenvalue weighted by Crippen LogP contribution is -2.35. The molecule has 0 atom stereocenters. The van der Waals surface area contributed by atoms with E-state index in [9.17, 15) is 13.2 Å². The second-order valence-corrected chi connectivity index (χ2v) is 6.26. The minimum absolute atomic E-state index is 0.0796. The maximum atomic E-state index is 11.8. The molecule has 0 aliphatic carbocycles. The van der Waals surface area contributed by atoms with Crippen molar-refractivity contribution in [3.05, 3.63) is 18.2 Å². The second-order valence-electron chi connectivity index (χ2n) is 4.34. The van der Waals surface area contributed by atoms with E-state index in [-0.39, 0.29) is 18.9 Å². The van der Waals surface area contributed by atoms with Crippen LogP contribution in [0, 0.1) is 0 Å². The minimum atomic E-state index is -3.56. The van der Waals surface area contributed by atoms with Crippen LogP contribution in [0.15, 0.2) is 18.2 Å². The van der Waals surface area contributed by atoms with Gasteiger partial charge in [0, 0.05) is 12.7 Å². The Morgan fingerprint density at radius 3 is 2.73 bits per heavy atom. The number of sulfonamides is 1. The lowest BCUT2D eigenvalue weighted by atomic mass is 10.2. The molecular weight excluding hydrogens is 310 g/mol. The van der Waals surface area contributed by atoms with E-state index in [4.69, 9.17) is 15.2 Å². The topological polar surface area (TPSA) is 120 Å². The predicted octanol–water partition coefficient (Wildman–Crippen LogP) is 0.172. The molecule has 0 fully saturated rings. The Labute approximate surface area is 130 Å². The number of benzene rings is 1. The molecule has 0 spiro atoms. The Bertz CT molecular complexity index is 604. The zero-order valence-electron chi connectivity index (χ0n) is 12.6. The van der Waals surface area contributed by atoms with Crippen LogP contribution in [0.4, 0.5) is 11.4 Å². The van der Waals surface area contributed by atoms with E-state index in [0.717, 1.165) is 0 Å². The maximum Gasteiger partial charge on any atom is 0.239 e. The van der Waals surface area contributed by atoms with E-state index in [1.54, 1.807) is 25.1 Å². The molecule has 9 heteroatoms. The van der Waals surface area contributed by atoms with Crippen LogP contribution in [0.1, 0.15) is 6.92 Å². The molecule has 8 nitrogen and oxygen atoms in total. The van der Waals surface area contributed by atoms with E-state index < -0.39 is 15.9 Å². The van der Waals surface area contributed by atoms with Crippen molar-refractivity contribution >= 4 is 27.3 Å². The number of amides is 1. The molecule has 1 aromatic rings. The van der Waals surface area contributed by atoms with Gasteiger partial charge in [-0.3, -0.25) is 4.79 Å². The van der Waals surface area contributed by atoms with Crippen LogP contribution < -0.4 is 20.5 Å². The third-order valence-electron chi connectivity index (χ3n) is 2.69. The van der Waals surface area contributed by atoms with Crippen LogP contribution in [0.25, 0.3) is 0 Å². The Morgan fingerprint density at radius 1 is 1.36 bits per heavy atom. The lowest BCUT2D eigenvalue weighted by Gasteiger charge is -2.11. The first kappa shape index (κ1) is 18.2. The van der Waals surface area contributed by atoms with Gasteiger partial charge in [-0.05, 0) is 19.1 Å². The summed E-state index contributed by atoms with van der Waals surface area (Å²) in [6.07, 6.45) is 0. The Kier molecular flexibility index (Phi) is 7.09. The largest absolute Gasteiger partial charge is 0.497 e. The molecule has 0 aromatic heterocycles. The molecule has 0 radical (unpaired) electrons. The maximum absolute atomic E-state index is 11.8. The van der Waals surface area contributed by atoms with Crippen LogP contribution in [0.2, 0.25) is 0 Å². The Morgan fingerprint density at radius 2 is 2.09 bits per heavy atom. The number of methoxy groups -OCH3 is 1. The summed E-state index contributed by atoms with van der Waals surface area (Å²) < 4.78 is 35.4. The molecule has 0 unspecified atom stereocenters. The molecule has 0 bridgehead atoms. The van der Waals surface area contributed by atoms with Gasteiger partial charge >= 0.3 is 0 Å². The zero-order chi connectivity index (χ0) is 16.6. The highest BCUT2D eigenvalue weighted by molar-refractivity contribution is 7.89. The van der Waals surface area contributed by atoms with Gasteiger partial charge in [0.1, 0.15) is 5.75 Å². The van der Waals surface area contributed by atoms with E-state index in [0.29, 0.717) is 23.7 Å². The van der Waals surface area contributed by atoms with Crippen LogP contribution >= 0.6 is 0 Å². The third-order valence-corrected chi connectivity index (χ3v) is 3.98. The third kappa shape index (κ3) is 6.29. The van der Waals surface area contributed by atoms with Crippen molar-refractivity contribution in [2.75, 3.05) is 43.7 Å². The van der Waals surface area contributed by atoms with Gasteiger partial charge in [-0.2, -0.15) is 0 Å². The molecule has 4 N–H and O–H groups in total. The van der Waals surface area contributed by atoms with Crippen LogP contribution in [-0.2, 0) is 19.6 Å². The summed E-state index contributed by atoms with van der Waals surface area (Å²) in [5.41, 5.74) is 6.44. The molecule has 0 saturated carbocycles. The molecule has 22 heavy (non-hydrogen) atoms. The van der Waals surface area contributed by atoms with Gasteiger partial charge in [0.25, 0.3) is 0 Å². The highest BCUT2D eigenvalue weighted by atomic mass is 32.2. The lowest BCUT2D eigenvalue weighted by molar-refractivity contribution is -0.115. The molecule has 1 amide bonds. The molecule has 1 rings (SSSR count). The number of hydrogen-bond donors (Lipinski definition) is 3. The SMILES string of the molecule is CCOCCS(=O)(=O)NCC(=O)Nc1cc(OC)ccc1N. The smallest absolute Gasteiger partial charge is 0.239 e. The number of anilines is 2. The van der Waals surface area contributed by atoms with Gasteiger partial charge in [-0.15, -0.1) is 0 Å². The summed E-state index contributed by atoms with van der Waals surface area (Å²) in [4.78, 5) is 11.8. The number of nitrogens with one attached hydrogen (secondary N) is 2. The van der Waals surface area contributed by atoms with E-state index >= 15 is 0 Å². The van der Waals surface area contributed by atoms with Gasteiger partial charge in [0.05, 0.1) is 37.4 Å². The first-order valence-electron chi connectivity index (χ1n) is 6.66. The molecule has 0 aliphatic rings. The number of hydrogen-bond acceptors (Lipinski definition) is 6. The molecule has 0 aliphatic heterocycles. The molecule has 1 aromatic carbocycles. The molecular formula is C13H21N3O5S. The zero-order valence-corrected chi connectivity index (χ0v) is 13.4. The van der Waals surface area contributed by atoms with Gasteiger partial charge in [-0.1, -0.05) is 0 Å². The first-order valence-corrected chi connectivity index (χ1v) is 8.31. The van der Waals surface area contributed by atoms with Gasteiger partial charge in [0.15, 0.2) is 0 Å². The monoisotopic (exact) mass is 331 g/mol. The second kappa shape index (κ2) is 8.57. The highest BCUT2D eigenvalue weighted by Gasteiger charge is 2.13. The van der Waals surface area contributed by atoms with Crippen molar-refractivity contribution < 1.29 is 22.7 Å². The summed E-state index contributed by atoms with van der Waals surface area (Å²) in [6.45, 7) is 1.90. The number of rotatable bonds is 9. The molecule has 0 saturated heterocycles. The fourth-order valence-electron chi connectivity index (χ4n) is 1.53. The van der Waals surface area contributed by atoms with Crippen LogP contribution in [0.3, 0.4) is 0 Å². The average Bonchev–Trinajstić information content (AvgIpc) is 2.48. The van der Waals surface area contributed by atoms with Crippen LogP contribution in [0.5, 0.6) is 5.75 Å². The average molecular weight is 331 g/mol. The van der Waals surface area contributed by atoms with Crippen molar-refractivity contribution in [2.45, 2.75) is 6.92 Å². The van der Waals surface area contributed by atoms with Crippen molar-refractivity contribution in [3.63, 3.8) is 0 Å². The minimum Gasteiger partial charge on any atom is -0.497 e. The normalized spacial score (nSPS) is 11.2. The summed E-state index contributed by atoms with van der Waals surface area (Å²) >= 11 is 0. The molecule has 124 valence electrons. The van der Waals surface area contributed by atoms with Crippen molar-refractivity contribution in [1.29, 1.82) is 0 Å². The number of nitrogens with two attached hydrogens (primary N) is 1. The van der Waals surface area contributed by atoms with Crippen molar-refractivity contribution in [3.8, 4) is 5.75 Å². The summed E-state index contributed by atoms with van der Waals surface area (Å²) in [7, 11) is -2.07. The van der Waals surface area contributed by atoms with Gasteiger partial charge in [0.2, 0.25) is 15.9 Å². The quantitative estimate of drug-likeness (QED) is 0.438. The number of ether oxygens (including phenoxy) is 2. The number of carbonyl (C=O) groups is 1. The standard InChI is InChI=1S/C13H21N3O5S/c1-3-21-6-7-22(18,19)15-9-13(17)16-12-8-10(20-2)4-5-11(12)14/h4-5,8,15H,3,6-7,9,14H2,1-2H3,(H,16,17). The van der Waals surface area contributed by atoms with E-state index in [2.05, 4.69) is 10.0 Å². The Balaban J connectivity index is 2.53. The fourth-order valence-corrected chi connectivity index (χ4v) is 2.36. The van der Waals surface area contributed by atoms with Gasteiger partial charge in [-0.25, -0.2) is 13.1 Å². The van der Waals surface area contributed by atoms with E-state index in [1.165, 1.54) is 7.11 Å². The highest BCUT2D eigenvalue weighted by Crippen LogP contribution is 2.24. The summed E-state index contributed by atoms with van der Waals surface area (Å²) in [5.74, 6) is -0.197. The van der Waals surface area contributed by atoms with Gasteiger partial charge < -0.3 is 20.5 Å². The molecule has 0 heterocycles. The van der Waals surface area contributed by atoms with Crippen molar-refractivity contribution in [2.24, 2.45) is 0 Å². The predicted molar refractivity (Wildman–Crippen MR) is 84.3 cm³/mol. The number of nitrogen functional groups attached to an aromatic ring is 1. The first-order chi connectivity index (χ1) is 10.4. The van der Waals surface area contributed by atoms with E-state index in [1.807, 2.05) is 0 Å². The summed E-state index contributed by atoms with van der Waals surface area (Å²) in [5, 5.41) is 2.52. The van der Waals surface area contributed by atoms with Crippen molar-refractivity contribution in [1.82, 2.24) is 4.72 Å².